The highest BCUT2D eigenvalue weighted by Crippen LogP contribution is 2.37. The molecular weight excluding hydrogens is 212 g/mol. The van der Waals surface area contributed by atoms with E-state index in [1.54, 1.807) is 0 Å². The van der Waals surface area contributed by atoms with Crippen LogP contribution in [0.4, 0.5) is 0 Å². The van der Waals surface area contributed by atoms with Gasteiger partial charge in [0.15, 0.2) is 0 Å². The molecule has 1 aromatic carbocycles. The smallest absolute Gasteiger partial charge is 0.131 e. The van der Waals surface area contributed by atoms with Crippen LogP contribution in [0.3, 0.4) is 0 Å². The third-order valence-corrected chi connectivity index (χ3v) is 3.42. The zero-order valence-electron chi connectivity index (χ0n) is 9.54. The number of nitriles is 1. The Morgan fingerprint density at radius 3 is 2.88 bits per heavy atom. The highest BCUT2D eigenvalue weighted by molar-refractivity contribution is 5.29. The van der Waals surface area contributed by atoms with Crippen LogP contribution in [0.2, 0.25) is 0 Å². The molecule has 1 aromatic rings. The molecule has 0 N–H and O–H groups in total. The summed E-state index contributed by atoms with van der Waals surface area (Å²) in [5, 5.41) is 9.19. The molecule has 2 aliphatic heterocycles. The molecule has 0 saturated carbocycles. The molecule has 0 aromatic heterocycles. The Kier molecular flexibility index (Phi) is 2.58. The predicted molar refractivity (Wildman–Crippen MR) is 63.7 cm³/mol. The Bertz CT molecular complexity index is 475. The van der Waals surface area contributed by atoms with Gasteiger partial charge in [-0.2, -0.15) is 5.26 Å². The third-order valence-electron chi connectivity index (χ3n) is 3.42. The minimum absolute atomic E-state index is 0.0832. The lowest BCUT2D eigenvalue weighted by atomic mass is 10.0. The summed E-state index contributed by atoms with van der Waals surface area (Å²) in [6.07, 6.45) is 4.01. The molecule has 3 nitrogen and oxygen atoms in total. The second-order valence-corrected chi connectivity index (χ2v) is 4.40. The summed E-state index contributed by atoms with van der Waals surface area (Å²) in [5.41, 5.74) is 1.98. The molecule has 0 unspecified atom stereocenters. The van der Waals surface area contributed by atoms with Crippen molar-refractivity contribution in [3.05, 3.63) is 47.7 Å². The van der Waals surface area contributed by atoms with Gasteiger partial charge in [-0.3, -0.25) is 0 Å². The van der Waals surface area contributed by atoms with Gasteiger partial charge < -0.3 is 9.64 Å². The van der Waals surface area contributed by atoms with Gasteiger partial charge >= 0.3 is 0 Å². The average Bonchev–Trinajstić information content (AvgIpc) is 2.83. The fraction of sp³-hybridized carbons (Fsp3) is 0.357. The summed E-state index contributed by atoms with van der Waals surface area (Å²) in [6, 6.07) is 12.7. The topological polar surface area (TPSA) is 36.3 Å². The van der Waals surface area contributed by atoms with Gasteiger partial charge in [-0.05, 0) is 24.5 Å². The number of hydrogen-bond acceptors (Lipinski definition) is 3. The molecule has 1 saturated heterocycles. The van der Waals surface area contributed by atoms with E-state index < -0.39 is 0 Å². The lowest BCUT2D eigenvalue weighted by Crippen LogP contribution is -2.33. The van der Waals surface area contributed by atoms with Crippen LogP contribution in [-0.2, 0) is 4.74 Å². The van der Waals surface area contributed by atoms with Gasteiger partial charge in [0.25, 0.3) is 0 Å². The highest BCUT2D eigenvalue weighted by Gasteiger charge is 2.37. The minimum atomic E-state index is 0.0832. The number of hydrogen-bond donors (Lipinski definition) is 0. The Hall–Kier alpha value is -1.79. The SMILES string of the molecule is N#CC1=CCC[C@@H]2OC[C@@H](c3ccccc3)N12. The molecule has 17 heavy (non-hydrogen) atoms. The minimum Gasteiger partial charge on any atom is -0.356 e. The van der Waals surface area contributed by atoms with E-state index >= 15 is 0 Å². The van der Waals surface area contributed by atoms with E-state index in [0.717, 1.165) is 18.5 Å². The van der Waals surface area contributed by atoms with E-state index in [0.29, 0.717) is 6.61 Å². The first-order valence-electron chi connectivity index (χ1n) is 5.95. The Morgan fingerprint density at radius 2 is 2.12 bits per heavy atom. The van der Waals surface area contributed by atoms with Crippen LogP contribution in [0.25, 0.3) is 0 Å². The van der Waals surface area contributed by atoms with Crippen molar-refractivity contribution >= 4 is 0 Å². The fourth-order valence-corrected chi connectivity index (χ4v) is 2.61. The van der Waals surface area contributed by atoms with Crippen molar-refractivity contribution in [2.45, 2.75) is 25.1 Å². The van der Waals surface area contributed by atoms with E-state index in [4.69, 9.17) is 4.74 Å². The number of allylic oxidation sites excluding steroid dienone is 2. The maximum Gasteiger partial charge on any atom is 0.131 e. The van der Waals surface area contributed by atoms with Crippen LogP contribution in [-0.4, -0.2) is 17.7 Å². The zero-order valence-corrected chi connectivity index (χ0v) is 9.54. The first-order valence-corrected chi connectivity index (χ1v) is 5.95. The number of rotatable bonds is 1. The number of nitrogens with zero attached hydrogens (tertiary/aromatic N) is 2. The normalized spacial score (nSPS) is 27.2. The van der Waals surface area contributed by atoms with E-state index in [2.05, 4.69) is 23.1 Å². The monoisotopic (exact) mass is 226 g/mol. The van der Waals surface area contributed by atoms with Gasteiger partial charge in [-0.15, -0.1) is 0 Å². The second-order valence-electron chi connectivity index (χ2n) is 4.40. The van der Waals surface area contributed by atoms with E-state index in [1.165, 1.54) is 5.56 Å². The van der Waals surface area contributed by atoms with Crippen molar-refractivity contribution in [1.82, 2.24) is 4.90 Å². The van der Waals surface area contributed by atoms with Gasteiger partial charge in [0.1, 0.15) is 18.0 Å². The van der Waals surface area contributed by atoms with Crippen molar-refractivity contribution in [3.8, 4) is 6.07 Å². The number of ether oxygens (including phenoxy) is 1. The molecule has 86 valence electrons. The number of benzene rings is 1. The van der Waals surface area contributed by atoms with Crippen LogP contribution < -0.4 is 0 Å². The molecule has 0 amide bonds. The van der Waals surface area contributed by atoms with Gasteiger partial charge in [0, 0.05) is 0 Å². The number of fused-ring (bicyclic) bond motifs is 1. The standard InChI is InChI=1S/C14H14N2O/c15-9-12-7-4-8-14-16(12)13(10-17-14)11-5-2-1-3-6-11/h1-3,5-7,13-14H,4,8,10H2/t13-,14-/m0/s1. The third kappa shape index (κ3) is 1.71. The summed E-state index contributed by atoms with van der Waals surface area (Å²) in [4.78, 5) is 2.12. The highest BCUT2D eigenvalue weighted by atomic mass is 16.5. The molecule has 0 bridgehead atoms. The maximum absolute atomic E-state index is 9.19. The van der Waals surface area contributed by atoms with Gasteiger partial charge in [-0.25, -0.2) is 0 Å². The van der Waals surface area contributed by atoms with Gasteiger partial charge in [0.05, 0.1) is 12.6 Å². The summed E-state index contributed by atoms with van der Waals surface area (Å²) in [5.74, 6) is 0. The summed E-state index contributed by atoms with van der Waals surface area (Å²) in [7, 11) is 0. The van der Waals surface area contributed by atoms with Crippen molar-refractivity contribution < 1.29 is 4.74 Å². The molecule has 1 fully saturated rings. The lowest BCUT2D eigenvalue weighted by molar-refractivity contribution is 0.0383. The van der Waals surface area contributed by atoms with Crippen molar-refractivity contribution in [1.29, 1.82) is 5.26 Å². The average molecular weight is 226 g/mol. The van der Waals surface area contributed by atoms with Crippen LogP contribution in [0.1, 0.15) is 24.4 Å². The maximum atomic E-state index is 9.19. The van der Waals surface area contributed by atoms with E-state index in [9.17, 15) is 5.26 Å². The predicted octanol–water partition coefficient (Wildman–Crippen LogP) is 2.59. The zero-order chi connectivity index (χ0) is 11.7. The molecule has 3 rings (SSSR count). The summed E-state index contributed by atoms with van der Waals surface area (Å²) >= 11 is 0. The Labute approximate surface area is 101 Å². The molecule has 0 aliphatic carbocycles. The Balaban J connectivity index is 1.95. The fourth-order valence-electron chi connectivity index (χ4n) is 2.61. The molecule has 3 heteroatoms. The second kappa shape index (κ2) is 4.23. The van der Waals surface area contributed by atoms with Gasteiger partial charge in [0.2, 0.25) is 0 Å². The van der Waals surface area contributed by atoms with E-state index in [1.807, 2.05) is 24.3 Å². The van der Waals surface area contributed by atoms with Gasteiger partial charge in [-0.1, -0.05) is 30.3 Å². The van der Waals surface area contributed by atoms with Crippen molar-refractivity contribution in [2.75, 3.05) is 6.61 Å². The van der Waals surface area contributed by atoms with Crippen molar-refractivity contribution in [2.24, 2.45) is 0 Å². The largest absolute Gasteiger partial charge is 0.356 e. The molecule has 2 atom stereocenters. The molecular formula is C14H14N2O. The van der Waals surface area contributed by atoms with Crippen LogP contribution in [0.15, 0.2) is 42.1 Å². The van der Waals surface area contributed by atoms with Crippen molar-refractivity contribution in [3.63, 3.8) is 0 Å². The molecule has 0 spiro atoms. The quantitative estimate of drug-likeness (QED) is 0.738. The molecule has 2 aliphatic rings. The lowest BCUT2D eigenvalue weighted by Gasteiger charge is -2.32. The first-order chi connectivity index (χ1) is 8.40. The van der Waals surface area contributed by atoms with Crippen LogP contribution in [0, 0.1) is 11.3 Å². The van der Waals surface area contributed by atoms with Crippen LogP contribution >= 0.6 is 0 Å². The molecule has 0 radical (unpaired) electrons. The Morgan fingerprint density at radius 1 is 1.29 bits per heavy atom. The molecule has 2 heterocycles. The summed E-state index contributed by atoms with van der Waals surface area (Å²) in [6.45, 7) is 0.674. The summed E-state index contributed by atoms with van der Waals surface area (Å²) < 4.78 is 5.79. The first kappa shape index (κ1) is 10.4. The van der Waals surface area contributed by atoms with Crippen LogP contribution in [0.5, 0.6) is 0 Å². The van der Waals surface area contributed by atoms with E-state index in [-0.39, 0.29) is 12.3 Å².